The van der Waals surface area contributed by atoms with Crippen molar-refractivity contribution < 1.29 is 104 Å². The van der Waals surface area contributed by atoms with Crippen LogP contribution in [0.4, 0.5) is 0 Å². The molecule has 1 unspecified atom stereocenters. The van der Waals surface area contributed by atoms with Crippen LogP contribution in [0.15, 0.2) is 102 Å². The Labute approximate surface area is 395 Å². The van der Waals surface area contributed by atoms with Gasteiger partial charge in [-0.3, -0.25) is 9.59 Å². The first-order chi connectivity index (χ1) is 26.3. The summed E-state index contributed by atoms with van der Waals surface area (Å²) in [7, 11) is 4.91. The van der Waals surface area contributed by atoms with Crippen LogP contribution >= 0.6 is 0 Å². The number of ether oxygens (including phenoxy) is 5. The summed E-state index contributed by atoms with van der Waals surface area (Å²) in [5, 5.41) is 8.17. The van der Waals surface area contributed by atoms with E-state index in [1.807, 2.05) is 96.1 Å². The number of nitrogens with zero attached hydrogens (tertiary/aromatic N) is 1. The number of nitrogens with one attached hydrogen (secondary N) is 1. The van der Waals surface area contributed by atoms with Gasteiger partial charge in [-0.2, -0.15) is 5.10 Å². The van der Waals surface area contributed by atoms with Gasteiger partial charge >= 0.3 is 5.97 Å². The van der Waals surface area contributed by atoms with E-state index in [1.165, 1.54) is 11.1 Å². The Kier molecular flexibility index (Phi) is 32.3. The van der Waals surface area contributed by atoms with E-state index in [2.05, 4.69) is 60.4 Å². The predicted molar refractivity (Wildman–Crippen MR) is 222 cm³/mol. The molecule has 0 spiro atoms. The summed E-state index contributed by atoms with van der Waals surface area (Å²) >= 11 is 0. The molecule has 310 valence electrons. The number of fused-ring (bicyclic) bond motifs is 1. The molecular formula is C45H62Ar2N2O7. The third-order valence-electron chi connectivity index (χ3n) is 8.23. The fourth-order valence-electron chi connectivity index (χ4n) is 5.30. The van der Waals surface area contributed by atoms with E-state index in [-0.39, 0.29) is 99.0 Å². The van der Waals surface area contributed by atoms with Crippen LogP contribution in [0.5, 0.6) is 11.5 Å². The topological polar surface area (TPSA) is 109 Å². The monoisotopic (exact) mass is 822 g/mol. The second kappa shape index (κ2) is 32.5. The number of rotatable bonds is 14. The van der Waals surface area contributed by atoms with Gasteiger partial charge in [0.25, 0.3) is 5.56 Å². The fourth-order valence-corrected chi connectivity index (χ4v) is 5.30. The minimum atomic E-state index is -0.312. The van der Waals surface area contributed by atoms with Crippen LogP contribution in [0, 0.1) is 82.4 Å². The summed E-state index contributed by atoms with van der Waals surface area (Å²) in [5.74, 6) is 1.39. The maximum Gasteiger partial charge on any atom is 0.305 e. The van der Waals surface area contributed by atoms with Crippen molar-refractivity contribution in [2.45, 2.75) is 73.6 Å². The molecule has 1 atom stereocenters. The normalized spacial score (nSPS) is 10.6. The summed E-state index contributed by atoms with van der Waals surface area (Å²) in [5.41, 5.74) is 4.73. The van der Waals surface area contributed by atoms with Crippen molar-refractivity contribution in [3.05, 3.63) is 124 Å². The van der Waals surface area contributed by atoms with E-state index in [9.17, 15) is 9.59 Å². The summed E-state index contributed by atoms with van der Waals surface area (Å²) in [6.45, 7) is 17.9. The first-order valence-electron chi connectivity index (χ1n) is 18.8. The zero-order valence-corrected chi connectivity index (χ0v) is 36.4. The predicted octanol–water partition coefficient (Wildman–Crippen LogP) is 9.97. The number of aryl methyl sites for hydroxylation is 1. The molecule has 0 saturated carbocycles. The minimum absolute atomic E-state index is 0. The largest absolute Gasteiger partial charge is 0.497 e. The molecule has 0 aliphatic heterocycles. The molecule has 0 saturated heterocycles. The fraction of sp³-hybridized carbons (Fsp3) is 0.400. The van der Waals surface area contributed by atoms with Gasteiger partial charge in [-0.05, 0) is 66.9 Å². The molecule has 4 aromatic carbocycles. The van der Waals surface area contributed by atoms with Crippen LogP contribution in [-0.2, 0) is 24.4 Å². The first-order valence-corrected chi connectivity index (χ1v) is 18.8. The van der Waals surface area contributed by atoms with Crippen LogP contribution < -0.4 is 15.0 Å². The molecule has 0 radical (unpaired) electrons. The van der Waals surface area contributed by atoms with Gasteiger partial charge in [0.1, 0.15) is 18.1 Å². The average molecular weight is 823 g/mol. The number of methoxy groups -OCH3 is 3. The van der Waals surface area contributed by atoms with Crippen LogP contribution in [0.1, 0.15) is 78.0 Å². The van der Waals surface area contributed by atoms with Crippen molar-refractivity contribution in [3.63, 3.8) is 0 Å². The van der Waals surface area contributed by atoms with Crippen molar-refractivity contribution in [2.24, 2.45) is 0 Å². The Morgan fingerprint density at radius 1 is 0.661 bits per heavy atom. The van der Waals surface area contributed by atoms with Gasteiger partial charge in [-0.1, -0.05) is 109 Å². The molecule has 1 N–H and O–H groups in total. The van der Waals surface area contributed by atoms with E-state index in [0.717, 1.165) is 33.7 Å². The van der Waals surface area contributed by atoms with Crippen molar-refractivity contribution in [2.75, 3.05) is 47.8 Å². The molecule has 9 nitrogen and oxygen atoms in total. The number of aromatic amines is 1. The van der Waals surface area contributed by atoms with Gasteiger partial charge in [-0.15, -0.1) is 0 Å². The number of carbonyl (C=O) groups is 1. The molecular weight excluding hydrogens is 760 g/mol. The molecule has 0 aliphatic rings. The molecule has 0 bridgehead atoms. The van der Waals surface area contributed by atoms with Gasteiger partial charge < -0.3 is 23.7 Å². The van der Waals surface area contributed by atoms with Crippen LogP contribution in [0.25, 0.3) is 22.0 Å². The number of hydrogen-bond acceptors (Lipinski definition) is 8. The SMILES string of the molecule is CC.CC.CC.COCCOCCOC(=O)CCC(C)(c1ccc(C)cc1)c1ccc(OC)cc1.COc1ccc(-c2n[nH]c(=O)c3ccccc23)cc1.[Ar].[Ar]. The Hall–Kier alpha value is -2.47. The summed E-state index contributed by atoms with van der Waals surface area (Å²) in [6.07, 6.45) is 0.972. The van der Waals surface area contributed by atoms with E-state index >= 15 is 0 Å². The van der Waals surface area contributed by atoms with Crippen molar-refractivity contribution in [1.82, 2.24) is 10.2 Å². The zero-order valence-electron chi connectivity index (χ0n) is 35.0. The van der Waals surface area contributed by atoms with Gasteiger partial charge in [0.05, 0.1) is 45.1 Å². The van der Waals surface area contributed by atoms with Crippen molar-refractivity contribution >= 4 is 16.7 Å². The van der Waals surface area contributed by atoms with E-state index < -0.39 is 0 Å². The van der Waals surface area contributed by atoms with Crippen LogP contribution in [-0.4, -0.2) is 63.9 Å². The first kappa shape index (κ1) is 55.6. The number of aromatic nitrogens is 2. The molecule has 0 fully saturated rings. The maximum absolute atomic E-state index is 12.3. The van der Waals surface area contributed by atoms with Gasteiger partial charge in [0.2, 0.25) is 0 Å². The standard InChI is InChI=1S/C24H32O5.C15H12N2O2.3C2H6.2Ar/c1-19-5-7-20(8-6-19)24(2,21-9-11-22(27-4)12-10-21)14-13-23(25)29-18-17-28-16-15-26-3;1-19-11-8-6-10(7-9-11)14-12-4-2-3-5-13(12)15(18)17-16-14;3*1-2;;/h5-12H,13-18H2,1-4H3;2-9H,1H3,(H,17,18);3*1-2H3;;. The zero-order chi connectivity index (χ0) is 40.4. The molecule has 11 heteroatoms. The molecule has 5 aromatic rings. The Morgan fingerprint density at radius 2 is 1.14 bits per heavy atom. The molecule has 1 aromatic heterocycles. The van der Waals surface area contributed by atoms with Gasteiger partial charge in [0.15, 0.2) is 0 Å². The van der Waals surface area contributed by atoms with Gasteiger partial charge in [-0.25, -0.2) is 5.10 Å². The van der Waals surface area contributed by atoms with Crippen molar-refractivity contribution in [3.8, 4) is 22.8 Å². The molecule has 5 rings (SSSR count). The maximum atomic E-state index is 12.3. The minimum Gasteiger partial charge on any atom is -0.497 e. The number of esters is 1. The van der Waals surface area contributed by atoms with Gasteiger partial charge in [0, 0.05) is 105 Å². The Bertz CT molecular complexity index is 1800. The number of hydrogen-bond donors (Lipinski definition) is 1. The Morgan fingerprint density at radius 3 is 1.66 bits per heavy atom. The summed E-state index contributed by atoms with van der Waals surface area (Å²) < 4.78 is 26.0. The number of carbonyl (C=O) groups excluding carboxylic acids is 1. The van der Waals surface area contributed by atoms with Crippen molar-refractivity contribution in [1.29, 1.82) is 0 Å². The summed E-state index contributed by atoms with van der Waals surface area (Å²) in [4.78, 5) is 24.0. The van der Waals surface area contributed by atoms with E-state index in [1.54, 1.807) is 27.4 Å². The second-order valence-corrected chi connectivity index (χ2v) is 11.4. The average Bonchev–Trinajstić information content (AvgIpc) is 3.24. The molecule has 1 heterocycles. The molecule has 0 amide bonds. The van der Waals surface area contributed by atoms with E-state index in [4.69, 9.17) is 23.7 Å². The third-order valence-corrected chi connectivity index (χ3v) is 8.23. The molecule has 0 aliphatic carbocycles. The quantitative estimate of drug-likeness (QED) is 0.0872. The van der Waals surface area contributed by atoms with E-state index in [0.29, 0.717) is 38.0 Å². The number of H-pyrrole nitrogens is 1. The second-order valence-electron chi connectivity index (χ2n) is 11.4. The van der Waals surface area contributed by atoms with Crippen LogP contribution in [0.3, 0.4) is 0 Å². The smallest absolute Gasteiger partial charge is 0.305 e. The summed E-state index contributed by atoms with van der Waals surface area (Å²) in [6, 6.07) is 31.5. The molecule has 56 heavy (non-hydrogen) atoms. The Balaban J connectivity index is 0. The third kappa shape index (κ3) is 18.0. The number of benzene rings is 4. The van der Waals surface area contributed by atoms with Crippen LogP contribution in [0.2, 0.25) is 0 Å².